The van der Waals surface area contributed by atoms with Crippen LogP contribution in [0, 0.1) is 13.8 Å². The Kier molecular flexibility index (Phi) is 3.66. The Morgan fingerprint density at radius 1 is 1.56 bits per heavy atom. The number of aliphatic hydroxyl groups excluding tert-OH is 1. The van der Waals surface area contributed by atoms with Gasteiger partial charge in [-0.15, -0.1) is 0 Å². The summed E-state index contributed by atoms with van der Waals surface area (Å²) in [6.45, 7) is 4.27. The molecule has 3 N–H and O–H groups in total. The van der Waals surface area contributed by atoms with Gasteiger partial charge in [0.1, 0.15) is 16.9 Å². The Labute approximate surface area is 93.3 Å². The van der Waals surface area contributed by atoms with E-state index in [1.165, 1.54) is 6.92 Å². The summed E-state index contributed by atoms with van der Waals surface area (Å²) in [7, 11) is 0. The van der Waals surface area contributed by atoms with Gasteiger partial charge in [-0.05, 0) is 20.8 Å². The zero-order valence-corrected chi connectivity index (χ0v) is 9.57. The Balaban J connectivity index is 2.67. The topological polar surface area (TPSA) is 95.6 Å². The molecular formula is C10H16N2O4. The fourth-order valence-electron chi connectivity index (χ4n) is 1.22. The van der Waals surface area contributed by atoms with Crippen LogP contribution < -0.4 is 5.32 Å². The monoisotopic (exact) mass is 228 g/mol. The summed E-state index contributed by atoms with van der Waals surface area (Å²) in [6.07, 6.45) is 0. The van der Waals surface area contributed by atoms with Gasteiger partial charge >= 0.3 is 0 Å². The van der Waals surface area contributed by atoms with Crippen molar-refractivity contribution in [3.8, 4) is 0 Å². The number of carbonyl (C=O) groups excluding carboxylic acids is 1. The second kappa shape index (κ2) is 4.63. The zero-order valence-electron chi connectivity index (χ0n) is 9.57. The first-order valence-electron chi connectivity index (χ1n) is 4.91. The molecule has 1 heterocycles. The average Bonchev–Trinajstić information content (AvgIpc) is 2.55. The Morgan fingerprint density at radius 2 is 2.19 bits per heavy atom. The maximum absolute atomic E-state index is 11.7. The Morgan fingerprint density at radius 3 is 2.62 bits per heavy atom. The van der Waals surface area contributed by atoms with Crippen molar-refractivity contribution in [2.24, 2.45) is 0 Å². The lowest BCUT2D eigenvalue weighted by Gasteiger charge is -2.20. The lowest BCUT2D eigenvalue weighted by molar-refractivity contribution is 0.00318. The molecule has 0 radical (unpaired) electrons. The van der Waals surface area contributed by atoms with Crippen LogP contribution in [0.2, 0.25) is 0 Å². The smallest absolute Gasteiger partial charge is 0.256 e. The number of hydrogen-bond acceptors (Lipinski definition) is 5. The van der Waals surface area contributed by atoms with E-state index in [0.29, 0.717) is 17.0 Å². The fraction of sp³-hybridized carbons (Fsp3) is 0.600. The Hall–Kier alpha value is -1.40. The number of aromatic nitrogens is 1. The molecule has 0 fully saturated rings. The van der Waals surface area contributed by atoms with E-state index in [1.807, 2.05) is 0 Å². The summed E-state index contributed by atoms with van der Waals surface area (Å²) >= 11 is 0. The quantitative estimate of drug-likeness (QED) is 0.661. The predicted octanol–water partition coefficient (Wildman–Crippen LogP) is -0.235. The maximum atomic E-state index is 11.7. The largest absolute Gasteiger partial charge is 0.393 e. The van der Waals surface area contributed by atoms with Gasteiger partial charge in [0, 0.05) is 6.54 Å². The summed E-state index contributed by atoms with van der Waals surface area (Å²) in [5.74, 6) is 0.0589. The lowest BCUT2D eigenvalue weighted by atomic mass is 10.1. The number of hydrogen-bond donors (Lipinski definition) is 3. The maximum Gasteiger partial charge on any atom is 0.256 e. The first-order chi connectivity index (χ1) is 7.37. The molecule has 0 aliphatic rings. The van der Waals surface area contributed by atoms with Crippen LogP contribution in [0.25, 0.3) is 0 Å². The molecule has 0 saturated heterocycles. The van der Waals surface area contributed by atoms with Crippen LogP contribution in [-0.4, -0.2) is 40.0 Å². The van der Waals surface area contributed by atoms with Crippen LogP contribution in [0.15, 0.2) is 4.52 Å². The molecule has 6 heteroatoms. The molecule has 1 atom stereocenters. The molecule has 0 bridgehead atoms. The molecule has 0 saturated carbocycles. The molecule has 1 aromatic heterocycles. The van der Waals surface area contributed by atoms with Crippen LogP contribution in [0.1, 0.15) is 28.7 Å². The van der Waals surface area contributed by atoms with Crippen LogP contribution in [0.5, 0.6) is 0 Å². The third kappa shape index (κ3) is 2.80. The van der Waals surface area contributed by atoms with E-state index in [2.05, 4.69) is 10.5 Å². The first kappa shape index (κ1) is 12.7. The third-order valence-electron chi connectivity index (χ3n) is 2.23. The van der Waals surface area contributed by atoms with Gasteiger partial charge in [-0.2, -0.15) is 0 Å². The molecule has 6 nitrogen and oxygen atoms in total. The van der Waals surface area contributed by atoms with E-state index >= 15 is 0 Å². The van der Waals surface area contributed by atoms with E-state index in [9.17, 15) is 9.90 Å². The van der Waals surface area contributed by atoms with E-state index in [1.54, 1.807) is 13.8 Å². The van der Waals surface area contributed by atoms with Gasteiger partial charge in [0.25, 0.3) is 5.91 Å². The molecule has 0 aliphatic heterocycles. The lowest BCUT2D eigenvalue weighted by Crippen LogP contribution is -2.43. The predicted molar refractivity (Wildman–Crippen MR) is 56.0 cm³/mol. The van der Waals surface area contributed by atoms with Gasteiger partial charge < -0.3 is 20.1 Å². The second-order valence-corrected chi connectivity index (χ2v) is 4.04. The standard InChI is InChI=1S/C10H16N2O4/c1-6-8(7(2)16-12-6)9(14)11-4-10(3,15)5-13/h13,15H,4-5H2,1-3H3,(H,11,14). The van der Waals surface area contributed by atoms with Crippen molar-refractivity contribution in [1.29, 1.82) is 0 Å². The van der Waals surface area contributed by atoms with E-state index in [0.717, 1.165) is 0 Å². The molecule has 1 unspecified atom stereocenters. The minimum atomic E-state index is -1.32. The third-order valence-corrected chi connectivity index (χ3v) is 2.23. The number of nitrogens with one attached hydrogen (secondary N) is 1. The van der Waals surface area contributed by atoms with E-state index in [-0.39, 0.29) is 12.5 Å². The molecule has 0 spiro atoms. The SMILES string of the molecule is Cc1noc(C)c1C(=O)NCC(C)(O)CO. The number of aliphatic hydroxyl groups is 2. The van der Waals surface area contributed by atoms with Crippen molar-refractivity contribution in [3.05, 3.63) is 17.0 Å². The molecule has 16 heavy (non-hydrogen) atoms. The molecule has 1 rings (SSSR count). The highest BCUT2D eigenvalue weighted by molar-refractivity contribution is 5.96. The van der Waals surface area contributed by atoms with Gasteiger partial charge in [0.15, 0.2) is 0 Å². The highest BCUT2D eigenvalue weighted by atomic mass is 16.5. The summed E-state index contributed by atoms with van der Waals surface area (Å²) in [5.41, 5.74) is -0.457. The number of nitrogens with zero attached hydrogens (tertiary/aromatic N) is 1. The summed E-state index contributed by atoms with van der Waals surface area (Å²) in [5, 5.41) is 24.5. The van der Waals surface area contributed by atoms with Gasteiger partial charge in [-0.25, -0.2) is 0 Å². The van der Waals surface area contributed by atoms with Crippen LogP contribution in [-0.2, 0) is 0 Å². The minimum absolute atomic E-state index is 0.0353. The minimum Gasteiger partial charge on any atom is -0.393 e. The van der Waals surface area contributed by atoms with Crippen molar-refractivity contribution >= 4 is 5.91 Å². The summed E-state index contributed by atoms with van der Waals surface area (Å²) in [4.78, 5) is 11.7. The molecular weight excluding hydrogens is 212 g/mol. The fourth-order valence-corrected chi connectivity index (χ4v) is 1.22. The summed E-state index contributed by atoms with van der Waals surface area (Å²) < 4.78 is 4.85. The van der Waals surface area contributed by atoms with E-state index < -0.39 is 12.2 Å². The van der Waals surface area contributed by atoms with Crippen molar-refractivity contribution in [2.45, 2.75) is 26.4 Å². The highest BCUT2D eigenvalue weighted by Gasteiger charge is 2.23. The number of carbonyl (C=O) groups is 1. The second-order valence-electron chi connectivity index (χ2n) is 4.04. The summed E-state index contributed by atoms with van der Waals surface area (Å²) in [6, 6.07) is 0. The van der Waals surface area contributed by atoms with Gasteiger partial charge in [0.05, 0.1) is 12.3 Å². The van der Waals surface area contributed by atoms with Crippen LogP contribution in [0.4, 0.5) is 0 Å². The van der Waals surface area contributed by atoms with Crippen molar-refractivity contribution in [3.63, 3.8) is 0 Å². The first-order valence-corrected chi connectivity index (χ1v) is 4.91. The molecule has 0 aromatic carbocycles. The number of rotatable bonds is 4. The van der Waals surface area contributed by atoms with Crippen molar-refractivity contribution < 1.29 is 19.5 Å². The molecule has 90 valence electrons. The van der Waals surface area contributed by atoms with Gasteiger partial charge in [0.2, 0.25) is 0 Å². The number of amides is 1. The zero-order chi connectivity index (χ0) is 12.3. The normalized spacial score (nSPS) is 14.6. The van der Waals surface area contributed by atoms with Crippen LogP contribution in [0.3, 0.4) is 0 Å². The van der Waals surface area contributed by atoms with Crippen molar-refractivity contribution in [2.75, 3.05) is 13.2 Å². The van der Waals surface area contributed by atoms with E-state index in [4.69, 9.17) is 9.63 Å². The number of aryl methyl sites for hydroxylation is 2. The van der Waals surface area contributed by atoms with Crippen LogP contribution >= 0.6 is 0 Å². The highest BCUT2D eigenvalue weighted by Crippen LogP contribution is 2.12. The van der Waals surface area contributed by atoms with Crippen molar-refractivity contribution in [1.82, 2.24) is 10.5 Å². The Bertz CT molecular complexity index is 365. The molecule has 0 aliphatic carbocycles. The van der Waals surface area contributed by atoms with Gasteiger partial charge in [-0.3, -0.25) is 4.79 Å². The molecule has 1 amide bonds. The van der Waals surface area contributed by atoms with Gasteiger partial charge in [-0.1, -0.05) is 5.16 Å². The average molecular weight is 228 g/mol. The molecule has 1 aromatic rings.